The average molecular weight is 234 g/mol. The van der Waals surface area contributed by atoms with Crippen molar-refractivity contribution >= 4 is 17.5 Å². The van der Waals surface area contributed by atoms with E-state index in [0.29, 0.717) is 11.9 Å². The van der Waals surface area contributed by atoms with E-state index in [0.717, 1.165) is 31.7 Å². The number of rotatable bonds is 2. The highest BCUT2D eigenvalue weighted by molar-refractivity contribution is 5.73. The molecule has 2 heterocycles. The lowest BCUT2D eigenvalue weighted by molar-refractivity contribution is -0.119. The molecule has 0 saturated carbocycles. The topological polar surface area (TPSA) is 71.2 Å². The molecule has 17 heavy (non-hydrogen) atoms. The van der Waals surface area contributed by atoms with Crippen molar-refractivity contribution in [3.05, 3.63) is 18.2 Å². The van der Waals surface area contributed by atoms with Gasteiger partial charge in [0.05, 0.1) is 0 Å². The molecule has 1 aromatic heterocycles. The molecule has 1 amide bonds. The van der Waals surface area contributed by atoms with Crippen molar-refractivity contribution in [1.29, 1.82) is 0 Å². The SMILES string of the molecule is CC(=O)NC1CCN(c2cccc(N)n2)CC1. The van der Waals surface area contributed by atoms with Crippen LogP contribution >= 0.6 is 0 Å². The molecule has 0 aliphatic carbocycles. The average Bonchev–Trinajstić information content (AvgIpc) is 2.29. The van der Waals surface area contributed by atoms with Crippen molar-refractivity contribution < 1.29 is 4.79 Å². The molecule has 1 saturated heterocycles. The Bertz CT molecular complexity index is 399. The predicted octanol–water partition coefficient (Wildman–Crippen LogP) is 0.769. The molecule has 1 fully saturated rings. The van der Waals surface area contributed by atoms with Crippen molar-refractivity contribution in [2.45, 2.75) is 25.8 Å². The van der Waals surface area contributed by atoms with Gasteiger partial charge in [-0.1, -0.05) is 6.07 Å². The number of aromatic nitrogens is 1. The molecule has 0 bridgehead atoms. The van der Waals surface area contributed by atoms with Gasteiger partial charge in [-0.25, -0.2) is 4.98 Å². The fourth-order valence-electron chi connectivity index (χ4n) is 2.16. The van der Waals surface area contributed by atoms with E-state index in [2.05, 4.69) is 15.2 Å². The van der Waals surface area contributed by atoms with Crippen LogP contribution in [-0.4, -0.2) is 30.0 Å². The lowest BCUT2D eigenvalue weighted by atomic mass is 10.1. The second kappa shape index (κ2) is 5.03. The van der Waals surface area contributed by atoms with Crippen LogP contribution in [0.5, 0.6) is 0 Å². The summed E-state index contributed by atoms with van der Waals surface area (Å²) in [7, 11) is 0. The van der Waals surface area contributed by atoms with Crippen molar-refractivity contribution in [3.8, 4) is 0 Å². The van der Waals surface area contributed by atoms with E-state index >= 15 is 0 Å². The summed E-state index contributed by atoms with van der Waals surface area (Å²) < 4.78 is 0. The lowest BCUT2D eigenvalue weighted by Crippen LogP contribution is -2.44. The van der Waals surface area contributed by atoms with Crippen LogP contribution < -0.4 is 16.0 Å². The third kappa shape index (κ3) is 3.09. The zero-order chi connectivity index (χ0) is 12.3. The Labute approximate surface area is 101 Å². The largest absolute Gasteiger partial charge is 0.384 e. The second-order valence-electron chi connectivity index (χ2n) is 4.38. The fraction of sp³-hybridized carbons (Fsp3) is 0.500. The molecule has 5 heteroatoms. The van der Waals surface area contributed by atoms with Gasteiger partial charge >= 0.3 is 0 Å². The van der Waals surface area contributed by atoms with Gasteiger partial charge < -0.3 is 16.0 Å². The zero-order valence-corrected chi connectivity index (χ0v) is 10.0. The fourth-order valence-corrected chi connectivity index (χ4v) is 2.16. The van der Waals surface area contributed by atoms with E-state index in [9.17, 15) is 4.79 Å². The van der Waals surface area contributed by atoms with Gasteiger partial charge in [0.25, 0.3) is 0 Å². The number of amides is 1. The van der Waals surface area contributed by atoms with Crippen molar-refractivity contribution in [2.75, 3.05) is 23.7 Å². The summed E-state index contributed by atoms with van der Waals surface area (Å²) in [4.78, 5) is 17.5. The highest BCUT2D eigenvalue weighted by atomic mass is 16.1. The molecule has 0 spiro atoms. The van der Waals surface area contributed by atoms with E-state index < -0.39 is 0 Å². The van der Waals surface area contributed by atoms with Gasteiger partial charge in [0.2, 0.25) is 5.91 Å². The summed E-state index contributed by atoms with van der Waals surface area (Å²) in [6.45, 7) is 3.37. The summed E-state index contributed by atoms with van der Waals surface area (Å²) >= 11 is 0. The Kier molecular flexibility index (Phi) is 3.46. The molecular formula is C12H18N4O. The molecule has 92 valence electrons. The van der Waals surface area contributed by atoms with Crippen LogP contribution in [0.4, 0.5) is 11.6 Å². The Morgan fingerprint density at radius 3 is 2.76 bits per heavy atom. The third-order valence-electron chi connectivity index (χ3n) is 2.98. The Balaban J connectivity index is 1.93. The summed E-state index contributed by atoms with van der Waals surface area (Å²) in [6.07, 6.45) is 1.91. The first kappa shape index (κ1) is 11.7. The van der Waals surface area contributed by atoms with Crippen LogP contribution in [0.25, 0.3) is 0 Å². The van der Waals surface area contributed by atoms with E-state index in [4.69, 9.17) is 5.73 Å². The number of hydrogen-bond donors (Lipinski definition) is 2. The van der Waals surface area contributed by atoms with Crippen LogP contribution in [0.3, 0.4) is 0 Å². The number of hydrogen-bond acceptors (Lipinski definition) is 4. The molecule has 0 unspecified atom stereocenters. The van der Waals surface area contributed by atoms with Crippen LogP contribution in [-0.2, 0) is 4.79 Å². The molecule has 2 rings (SSSR count). The third-order valence-corrected chi connectivity index (χ3v) is 2.98. The smallest absolute Gasteiger partial charge is 0.217 e. The van der Waals surface area contributed by atoms with Crippen molar-refractivity contribution in [3.63, 3.8) is 0 Å². The molecule has 1 aliphatic rings. The van der Waals surface area contributed by atoms with E-state index in [1.165, 1.54) is 0 Å². The van der Waals surface area contributed by atoms with Crippen LogP contribution in [0.2, 0.25) is 0 Å². The molecule has 1 aliphatic heterocycles. The maximum Gasteiger partial charge on any atom is 0.217 e. The molecule has 0 atom stereocenters. The Morgan fingerprint density at radius 1 is 1.47 bits per heavy atom. The first-order valence-corrected chi connectivity index (χ1v) is 5.90. The number of piperidine rings is 1. The number of nitrogens with two attached hydrogens (primary N) is 1. The van der Waals surface area contributed by atoms with Gasteiger partial charge in [0.1, 0.15) is 11.6 Å². The summed E-state index contributed by atoms with van der Waals surface area (Å²) in [5, 5.41) is 2.95. The van der Waals surface area contributed by atoms with Crippen LogP contribution in [0.15, 0.2) is 18.2 Å². The lowest BCUT2D eigenvalue weighted by Gasteiger charge is -2.33. The normalized spacial score (nSPS) is 16.9. The molecule has 0 aromatic carbocycles. The molecular weight excluding hydrogens is 216 g/mol. The highest BCUT2D eigenvalue weighted by Gasteiger charge is 2.20. The first-order valence-electron chi connectivity index (χ1n) is 5.90. The summed E-state index contributed by atoms with van der Waals surface area (Å²) in [5.41, 5.74) is 5.66. The zero-order valence-electron chi connectivity index (χ0n) is 10.0. The standard InChI is InChI=1S/C12H18N4O/c1-9(17)14-10-5-7-16(8-6-10)12-4-2-3-11(13)15-12/h2-4,10H,5-8H2,1H3,(H2,13,15)(H,14,17). The summed E-state index contributed by atoms with van der Waals surface area (Å²) in [5.74, 6) is 1.52. The van der Waals surface area contributed by atoms with Crippen molar-refractivity contribution in [1.82, 2.24) is 10.3 Å². The van der Waals surface area contributed by atoms with Crippen LogP contribution in [0, 0.1) is 0 Å². The van der Waals surface area contributed by atoms with E-state index in [1.807, 2.05) is 12.1 Å². The molecule has 5 nitrogen and oxygen atoms in total. The Morgan fingerprint density at radius 2 is 2.18 bits per heavy atom. The minimum atomic E-state index is 0.0468. The number of nitrogens with one attached hydrogen (secondary N) is 1. The van der Waals surface area contributed by atoms with Gasteiger partial charge in [-0.3, -0.25) is 4.79 Å². The maximum absolute atomic E-state index is 11.0. The maximum atomic E-state index is 11.0. The molecule has 0 radical (unpaired) electrons. The first-order chi connectivity index (χ1) is 8.15. The highest BCUT2D eigenvalue weighted by Crippen LogP contribution is 2.18. The van der Waals surface area contributed by atoms with E-state index in [-0.39, 0.29) is 5.91 Å². The monoisotopic (exact) mass is 234 g/mol. The second-order valence-corrected chi connectivity index (χ2v) is 4.38. The number of anilines is 2. The van der Waals surface area contributed by atoms with Gasteiger partial charge in [0, 0.05) is 26.1 Å². The van der Waals surface area contributed by atoms with Crippen LogP contribution in [0.1, 0.15) is 19.8 Å². The van der Waals surface area contributed by atoms with Gasteiger partial charge in [-0.2, -0.15) is 0 Å². The Hall–Kier alpha value is -1.78. The van der Waals surface area contributed by atoms with Crippen molar-refractivity contribution in [2.24, 2.45) is 0 Å². The molecule has 1 aromatic rings. The van der Waals surface area contributed by atoms with Gasteiger partial charge in [0.15, 0.2) is 0 Å². The van der Waals surface area contributed by atoms with E-state index in [1.54, 1.807) is 13.0 Å². The quantitative estimate of drug-likeness (QED) is 0.793. The van der Waals surface area contributed by atoms with Gasteiger partial charge in [-0.05, 0) is 25.0 Å². The number of nitrogens with zero attached hydrogens (tertiary/aromatic N) is 2. The van der Waals surface area contributed by atoms with Gasteiger partial charge in [-0.15, -0.1) is 0 Å². The number of carbonyl (C=O) groups is 1. The minimum Gasteiger partial charge on any atom is -0.384 e. The number of pyridine rings is 1. The molecule has 3 N–H and O–H groups in total. The minimum absolute atomic E-state index is 0.0468. The summed E-state index contributed by atoms with van der Waals surface area (Å²) in [6, 6.07) is 5.96. The predicted molar refractivity (Wildman–Crippen MR) is 67.7 cm³/mol. The number of nitrogen functional groups attached to an aromatic ring is 1. The number of carbonyl (C=O) groups excluding carboxylic acids is 1.